The summed E-state index contributed by atoms with van der Waals surface area (Å²) >= 11 is 5.71. The number of carbonyl (C=O) groups excluding carboxylic acids is 1. The second kappa shape index (κ2) is 11.9. The Labute approximate surface area is 181 Å². The number of aromatic nitrogens is 1. The highest BCUT2D eigenvalue weighted by atomic mass is 35.5. The van der Waals surface area contributed by atoms with Crippen LogP contribution < -0.4 is 10.1 Å². The van der Waals surface area contributed by atoms with Crippen molar-refractivity contribution in [3.05, 3.63) is 48.0 Å². The fraction of sp³-hybridized carbons (Fsp3) is 0.304. The van der Waals surface area contributed by atoms with E-state index in [1.54, 1.807) is 6.92 Å². The average Bonchev–Trinajstić information content (AvgIpc) is 3.08. The SMILES string of the molecule is CCO.CCn1c(-c2cccc(NC=O)c2)c(C#N)c2ccc(OCCCCl)cc21. The summed E-state index contributed by atoms with van der Waals surface area (Å²) in [7, 11) is 0. The molecular weight excluding hydrogens is 402 g/mol. The summed E-state index contributed by atoms with van der Waals surface area (Å²) in [6.07, 6.45) is 1.42. The average molecular weight is 428 g/mol. The highest BCUT2D eigenvalue weighted by Crippen LogP contribution is 2.36. The molecule has 1 aromatic heterocycles. The molecule has 30 heavy (non-hydrogen) atoms. The minimum absolute atomic E-state index is 0.250. The Hall–Kier alpha value is -3.01. The maximum Gasteiger partial charge on any atom is 0.211 e. The normalized spacial score (nSPS) is 10.1. The van der Waals surface area contributed by atoms with E-state index in [0.29, 0.717) is 36.7 Å². The van der Waals surface area contributed by atoms with Gasteiger partial charge in [-0.1, -0.05) is 12.1 Å². The zero-order valence-electron chi connectivity index (χ0n) is 17.2. The van der Waals surface area contributed by atoms with Gasteiger partial charge in [-0.25, -0.2) is 0 Å². The van der Waals surface area contributed by atoms with E-state index in [1.807, 2.05) is 49.4 Å². The molecule has 2 aromatic carbocycles. The predicted molar refractivity (Wildman–Crippen MR) is 121 cm³/mol. The summed E-state index contributed by atoms with van der Waals surface area (Å²) in [4.78, 5) is 10.8. The first-order chi connectivity index (χ1) is 14.6. The van der Waals surface area contributed by atoms with Gasteiger partial charge in [-0.2, -0.15) is 5.26 Å². The van der Waals surface area contributed by atoms with E-state index in [0.717, 1.165) is 34.3 Å². The zero-order valence-corrected chi connectivity index (χ0v) is 17.9. The van der Waals surface area contributed by atoms with Crippen molar-refractivity contribution in [2.75, 3.05) is 24.4 Å². The lowest BCUT2D eigenvalue weighted by Crippen LogP contribution is -2.00. The van der Waals surface area contributed by atoms with E-state index >= 15 is 0 Å². The third-order valence-corrected chi connectivity index (χ3v) is 4.64. The van der Waals surface area contributed by atoms with E-state index in [2.05, 4.69) is 16.0 Å². The zero-order chi connectivity index (χ0) is 21.9. The monoisotopic (exact) mass is 427 g/mol. The first-order valence-corrected chi connectivity index (χ1v) is 10.3. The number of hydrogen-bond acceptors (Lipinski definition) is 4. The number of aliphatic hydroxyl groups is 1. The first-order valence-electron chi connectivity index (χ1n) is 9.81. The molecule has 0 spiro atoms. The van der Waals surface area contributed by atoms with Gasteiger partial charge in [0, 0.05) is 41.7 Å². The summed E-state index contributed by atoms with van der Waals surface area (Å²) in [6.45, 7) is 5.22. The molecule has 7 heteroatoms. The van der Waals surface area contributed by atoms with E-state index in [-0.39, 0.29) is 6.61 Å². The number of benzene rings is 2. The van der Waals surface area contributed by atoms with Gasteiger partial charge < -0.3 is 19.7 Å². The number of rotatable bonds is 8. The number of aliphatic hydroxyl groups excluding tert-OH is 1. The molecule has 6 nitrogen and oxygen atoms in total. The maximum atomic E-state index is 10.8. The molecule has 0 aliphatic carbocycles. The van der Waals surface area contributed by atoms with Crippen LogP contribution in [-0.2, 0) is 11.3 Å². The predicted octanol–water partition coefficient (Wildman–Crippen LogP) is 4.77. The number of nitriles is 1. The number of nitrogens with zero attached hydrogens (tertiary/aromatic N) is 2. The highest BCUT2D eigenvalue weighted by Gasteiger charge is 2.18. The van der Waals surface area contributed by atoms with Gasteiger partial charge in [0.05, 0.1) is 23.4 Å². The van der Waals surface area contributed by atoms with Crippen LogP contribution in [-0.4, -0.2) is 35.2 Å². The van der Waals surface area contributed by atoms with Gasteiger partial charge in [0.15, 0.2) is 0 Å². The maximum absolute atomic E-state index is 10.8. The second-order valence-electron chi connectivity index (χ2n) is 6.31. The van der Waals surface area contributed by atoms with Crippen LogP contribution in [0.4, 0.5) is 5.69 Å². The van der Waals surface area contributed by atoms with Crippen LogP contribution >= 0.6 is 11.6 Å². The molecule has 1 amide bonds. The van der Waals surface area contributed by atoms with Gasteiger partial charge in [0.2, 0.25) is 6.41 Å². The van der Waals surface area contributed by atoms with Gasteiger partial charge in [0.25, 0.3) is 0 Å². The third kappa shape index (κ3) is 5.32. The largest absolute Gasteiger partial charge is 0.493 e. The Morgan fingerprint density at radius 3 is 2.67 bits per heavy atom. The summed E-state index contributed by atoms with van der Waals surface area (Å²) in [5, 5.41) is 20.9. The van der Waals surface area contributed by atoms with Crippen molar-refractivity contribution in [2.45, 2.75) is 26.8 Å². The van der Waals surface area contributed by atoms with Gasteiger partial charge in [-0.15, -0.1) is 11.6 Å². The molecule has 2 N–H and O–H groups in total. The number of alkyl halides is 1. The van der Waals surface area contributed by atoms with Crippen molar-refractivity contribution >= 4 is 34.6 Å². The lowest BCUT2D eigenvalue weighted by Gasteiger charge is -2.10. The molecule has 3 aromatic rings. The van der Waals surface area contributed by atoms with Gasteiger partial charge in [0.1, 0.15) is 11.8 Å². The number of fused-ring (bicyclic) bond motifs is 1. The molecule has 0 bridgehead atoms. The molecule has 0 atom stereocenters. The van der Waals surface area contributed by atoms with E-state index in [9.17, 15) is 10.1 Å². The number of halogens is 1. The molecular formula is C23H26ClN3O3. The number of amides is 1. The molecule has 0 aliphatic heterocycles. The molecule has 158 valence electrons. The molecule has 0 radical (unpaired) electrons. The number of nitrogens with one attached hydrogen (secondary N) is 1. The van der Waals surface area contributed by atoms with Crippen molar-refractivity contribution in [1.82, 2.24) is 4.57 Å². The summed E-state index contributed by atoms with van der Waals surface area (Å²) in [6, 6.07) is 15.6. The van der Waals surface area contributed by atoms with Crippen LogP contribution in [0.25, 0.3) is 22.2 Å². The van der Waals surface area contributed by atoms with Crippen LogP contribution in [0, 0.1) is 11.3 Å². The van der Waals surface area contributed by atoms with Crippen LogP contribution in [0.3, 0.4) is 0 Å². The summed E-state index contributed by atoms with van der Waals surface area (Å²) in [5.74, 6) is 1.31. The minimum Gasteiger partial charge on any atom is -0.493 e. The van der Waals surface area contributed by atoms with Crippen LogP contribution in [0.15, 0.2) is 42.5 Å². The Morgan fingerprint density at radius 2 is 2.03 bits per heavy atom. The van der Waals surface area contributed by atoms with Crippen molar-refractivity contribution in [3.63, 3.8) is 0 Å². The molecule has 0 saturated heterocycles. The van der Waals surface area contributed by atoms with Crippen molar-refractivity contribution in [2.24, 2.45) is 0 Å². The standard InChI is InChI=1S/C21H20ClN3O2.C2H6O/c1-2-25-20-12-17(27-10-4-9-22)7-8-18(20)19(13-23)21(25)15-5-3-6-16(11-15)24-14-26;1-2-3/h3,5-8,11-12,14H,2,4,9-10H2,1H3,(H,24,26);3H,2H2,1H3. The van der Waals surface area contributed by atoms with E-state index in [4.69, 9.17) is 21.4 Å². The molecule has 1 heterocycles. The highest BCUT2D eigenvalue weighted by molar-refractivity contribution is 6.17. The lowest BCUT2D eigenvalue weighted by molar-refractivity contribution is -0.105. The van der Waals surface area contributed by atoms with Crippen LogP contribution in [0.1, 0.15) is 25.8 Å². The minimum atomic E-state index is 0.250. The summed E-state index contributed by atoms with van der Waals surface area (Å²) < 4.78 is 7.86. The molecule has 0 unspecified atom stereocenters. The van der Waals surface area contributed by atoms with Gasteiger partial charge in [-0.05, 0) is 44.5 Å². The molecule has 0 aliphatic rings. The van der Waals surface area contributed by atoms with E-state index < -0.39 is 0 Å². The number of anilines is 1. The molecule has 3 rings (SSSR count). The van der Waals surface area contributed by atoms with E-state index in [1.165, 1.54) is 0 Å². The Bertz CT molecular complexity index is 1020. The Morgan fingerprint density at radius 1 is 1.27 bits per heavy atom. The van der Waals surface area contributed by atoms with Gasteiger partial charge in [-0.3, -0.25) is 4.79 Å². The first kappa shape index (κ1) is 23.3. The fourth-order valence-corrected chi connectivity index (χ4v) is 3.34. The summed E-state index contributed by atoms with van der Waals surface area (Å²) in [5.41, 5.74) is 3.96. The number of ether oxygens (including phenoxy) is 1. The second-order valence-corrected chi connectivity index (χ2v) is 6.69. The molecule has 0 fully saturated rings. The van der Waals surface area contributed by atoms with Crippen LogP contribution in [0.5, 0.6) is 5.75 Å². The van der Waals surface area contributed by atoms with Gasteiger partial charge >= 0.3 is 0 Å². The number of carbonyl (C=O) groups is 1. The quantitative estimate of drug-likeness (QED) is 0.308. The van der Waals surface area contributed by atoms with Crippen molar-refractivity contribution in [3.8, 4) is 23.1 Å². The van der Waals surface area contributed by atoms with Crippen LogP contribution in [0.2, 0.25) is 0 Å². The fourth-order valence-electron chi connectivity index (χ4n) is 3.23. The third-order valence-electron chi connectivity index (χ3n) is 4.37. The Balaban J connectivity index is 0.00000101. The van der Waals surface area contributed by atoms with Crippen molar-refractivity contribution in [1.29, 1.82) is 5.26 Å². The smallest absolute Gasteiger partial charge is 0.211 e. The lowest BCUT2D eigenvalue weighted by atomic mass is 10.1. The Kier molecular flexibility index (Phi) is 9.20. The topological polar surface area (TPSA) is 87.3 Å². The number of hydrogen-bond donors (Lipinski definition) is 2. The molecule has 0 saturated carbocycles. The number of aryl methyl sites for hydroxylation is 1. The van der Waals surface area contributed by atoms with Crippen molar-refractivity contribution < 1.29 is 14.6 Å².